The molecule has 0 radical (unpaired) electrons. The summed E-state index contributed by atoms with van der Waals surface area (Å²) in [6, 6.07) is 15.6. The number of rotatable bonds is 4. The normalized spacial score (nSPS) is 11.2. The van der Waals surface area contributed by atoms with Gasteiger partial charge in [-0.1, -0.05) is 29.8 Å². The molecule has 1 aromatic carbocycles. The second-order valence-corrected chi connectivity index (χ2v) is 7.35. The van der Waals surface area contributed by atoms with Crippen LogP contribution in [-0.4, -0.2) is 19.4 Å². The van der Waals surface area contributed by atoms with Gasteiger partial charge in [0.25, 0.3) is 0 Å². The SMILES string of the molecule is Cc1ncc(-c2ccc(Nc3cccn4c(C)c(-c5ccccc5Cl)nc34)cn2)o1. The van der Waals surface area contributed by atoms with E-state index in [0.29, 0.717) is 16.7 Å². The van der Waals surface area contributed by atoms with Gasteiger partial charge >= 0.3 is 0 Å². The molecule has 7 heteroatoms. The van der Waals surface area contributed by atoms with Crippen molar-refractivity contribution in [3.8, 4) is 22.7 Å². The van der Waals surface area contributed by atoms with Gasteiger partial charge < -0.3 is 14.1 Å². The first-order valence-electron chi connectivity index (χ1n) is 9.48. The maximum atomic E-state index is 6.41. The van der Waals surface area contributed by atoms with Gasteiger partial charge in [0, 0.05) is 24.4 Å². The molecule has 0 amide bonds. The van der Waals surface area contributed by atoms with Crippen LogP contribution in [0.15, 0.2) is 71.5 Å². The van der Waals surface area contributed by atoms with Crippen molar-refractivity contribution in [2.45, 2.75) is 13.8 Å². The Bertz CT molecular complexity index is 1350. The van der Waals surface area contributed by atoms with Crippen LogP contribution < -0.4 is 5.32 Å². The lowest BCUT2D eigenvalue weighted by molar-refractivity contribution is 0.532. The van der Waals surface area contributed by atoms with E-state index in [9.17, 15) is 0 Å². The Hall–Kier alpha value is -3.64. The standard InChI is InChI=1S/C23H18ClN5O/c1-14-22(17-6-3-4-7-18(17)24)28-23-20(8-5-11-29(14)23)27-16-9-10-19(26-12-16)21-13-25-15(2)30-21/h3-13,27H,1-2H3. The second-order valence-electron chi connectivity index (χ2n) is 6.94. The van der Waals surface area contributed by atoms with Gasteiger partial charge in [-0.05, 0) is 37.3 Å². The topological polar surface area (TPSA) is 68.2 Å². The van der Waals surface area contributed by atoms with Gasteiger partial charge in [0.15, 0.2) is 17.3 Å². The van der Waals surface area contributed by atoms with Crippen LogP contribution in [0, 0.1) is 13.8 Å². The van der Waals surface area contributed by atoms with E-state index in [1.165, 1.54) is 0 Å². The van der Waals surface area contributed by atoms with Crippen LogP contribution in [0.25, 0.3) is 28.4 Å². The van der Waals surface area contributed by atoms with Crippen LogP contribution in [-0.2, 0) is 0 Å². The van der Waals surface area contributed by atoms with E-state index in [0.717, 1.165) is 39.7 Å². The van der Waals surface area contributed by atoms with Crippen LogP contribution in [0.4, 0.5) is 11.4 Å². The third kappa shape index (κ3) is 3.21. The Morgan fingerprint density at radius 2 is 1.83 bits per heavy atom. The summed E-state index contributed by atoms with van der Waals surface area (Å²) in [5.41, 5.74) is 6.09. The fourth-order valence-corrected chi connectivity index (χ4v) is 3.67. The third-order valence-electron chi connectivity index (χ3n) is 4.93. The fourth-order valence-electron chi connectivity index (χ4n) is 3.44. The average Bonchev–Trinajstić information content (AvgIpc) is 3.33. The molecule has 0 fully saturated rings. The summed E-state index contributed by atoms with van der Waals surface area (Å²) < 4.78 is 7.59. The minimum Gasteiger partial charge on any atom is -0.439 e. The largest absolute Gasteiger partial charge is 0.439 e. The number of halogens is 1. The average molecular weight is 416 g/mol. The highest BCUT2D eigenvalue weighted by molar-refractivity contribution is 6.33. The second kappa shape index (κ2) is 7.31. The first-order chi connectivity index (χ1) is 14.6. The molecule has 0 unspecified atom stereocenters. The van der Waals surface area contributed by atoms with Gasteiger partial charge in [-0.3, -0.25) is 4.98 Å². The number of oxazole rings is 1. The molecular weight excluding hydrogens is 398 g/mol. The Morgan fingerprint density at radius 1 is 0.967 bits per heavy atom. The number of pyridine rings is 2. The molecule has 30 heavy (non-hydrogen) atoms. The Kier molecular flexibility index (Phi) is 4.48. The molecule has 6 nitrogen and oxygen atoms in total. The molecule has 0 aliphatic rings. The molecule has 148 valence electrons. The number of hydrogen-bond acceptors (Lipinski definition) is 5. The van der Waals surface area contributed by atoms with Crippen LogP contribution in [0.1, 0.15) is 11.6 Å². The van der Waals surface area contributed by atoms with Crippen molar-refractivity contribution in [3.63, 3.8) is 0 Å². The third-order valence-corrected chi connectivity index (χ3v) is 5.26. The first kappa shape index (κ1) is 18.4. The molecule has 0 aliphatic carbocycles. The Morgan fingerprint density at radius 3 is 2.57 bits per heavy atom. The first-order valence-corrected chi connectivity index (χ1v) is 9.86. The number of nitrogens with zero attached hydrogens (tertiary/aromatic N) is 4. The van der Waals surface area contributed by atoms with Crippen LogP contribution in [0.2, 0.25) is 5.02 Å². The van der Waals surface area contributed by atoms with E-state index < -0.39 is 0 Å². The summed E-state index contributed by atoms with van der Waals surface area (Å²) in [6.45, 7) is 3.85. The number of aryl methyl sites for hydroxylation is 2. The summed E-state index contributed by atoms with van der Waals surface area (Å²) in [5, 5.41) is 4.09. The molecule has 0 bridgehead atoms. The van der Waals surface area contributed by atoms with Crippen LogP contribution in [0.5, 0.6) is 0 Å². The van der Waals surface area contributed by atoms with Crippen molar-refractivity contribution in [1.82, 2.24) is 19.4 Å². The van der Waals surface area contributed by atoms with Crippen molar-refractivity contribution in [3.05, 3.63) is 83.7 Å². The number of benzene rings is 1. The summed E-state index contributed by atoms with van der Waals surface area (Å²) in [6.07, 6.45) is 5.44. The molecule has 0 saturated carbocycles. The summed E-state index contributed by atoms with van der Waals surface area (Å²) in [5.74, 6) is 1.26. The minimum absolute atomic E-state index is 0.615. The number of nitrogens with one attached hydrogen (secondary N) is 1. The quantitative estimate of drug-likeness (QED) is 0.386. The highest BCUT2D eigenvalue weighted by Gasteiger charge is 2.15. The molecule has 0 atom stereocenters. The van der Waals surface area contributed by atoms with Gasteiger partial charge in [-0.2, -0.15) is 0 Å². The zero-order chi connectivity index (χ0) is 20.7. The lowest BCUT2D eigenvalue weighted by atomic mass is 10.1. The van der Waals surface area contributed by atoms with Crippen molar-refractivity contribution in [1.29, 1.82) is 0 Å². The predicted octanol–water partition coefficient (Wildman–Crippen LogP) is 6.07. The minimum atomic E-state index is 0.615. The fraction of sp³-hybridized carbons (Fsp3) is 0.0870. The number of fused-ring (bicyclic) bond motifs is 1. The molecule has 0 spiro atoms. The molecule has 4 aromatic heterocycles. The van der Waals surface area contributed by atoms with Gasteiger partial charge in [0.05, 0.1) is 34.5 Å². The van der Waals surface area contributed by atoms with Gasteiger partial charge in [-0.25, -0.2) is 9.97 Å². The van der Waals surface area contributed by atoms with Crippen molar-refractivity contribution in [2.24, 2.45) is 0 Å². The lowest BCUT2D eigenvalue weighted by Crippen LogP contribution is -1.96. The van der Waals surface area contributed by atoms with Crippen LogP contribution in [0.3, 0.4) is 0 Å². The monoisotopic (exact) mass is 415 g/mol. The smallest absolute Gasteiger partial charge is 0.191 e. The van der Waals surface area contributed by atoms with E-state index in [1.54, 1.807) is 12.4 Å². The lowest BCUT2D eigenvalue weighted by Gasteiger charge is -2.08. The molecular formula is C23H18ClN5O. The molecule has 4 heterocycles. The predicted molar refractivity (Wildman–Crippen MR) is 118 cm³/mol. The van der Waals surface area contributed by atoms with Crippen molar-refractivity contribution < 1.29 is 4.42 Å². The molecule has 5 rings (SSSR count). The molecule has 0 aliphatic heterocycles. The number of anilines is 2. The molecule has 1 N–H and O–H groups in total. The maximum absolute atomic E-state index is 6.41. The Labute approximate surface area is 178 Å². The molecule has 5 aromatic rings. The summed E-state index contributed by atoms with van der Waals surface area (Å²) in [4.78, 5) is 13.5. The van der Waals surface area contributed by atoms with E-state index >= 15 is 0 Å². The number of imidazole rings is 1. The molecule has 0 saturated heterocycles. The summed E-state index contributed by atoms with van der Waals surface area (Å²) >= 11 is 6.41. The van der Waals surface area contributed by atoms with Crippen molar-refractivity contribution in [2.75, 3.05) is 5.32 Å². The van der Waals surface area contributed by atoms with Gasteiger partial charge in [0.2, 0.25) is 0 Å². The van der Waals surface area contributed by atoms with E-state index in [-0.39, 0.29) is 0 Å². The zero-order valence-corrected chi connectivity index (χ0v) is 17.2. The van der Waals surface area contributed by atoms with E-state index in [1.807, 2.05) is 68.6 Å². The number of aromatic nitrogens is 4. The van der Waals surface area contributed by atoms with Crippen molar-refractivity contribution >= 4 is 28.6 Å². The highest BCUT2D eigenvalue weighted by Crippen LogP contribution is 2.32. The zero-order valence-electron chi connectivity index (χ0n) is 16.4. The van der Waals surface area contributed by atoms with E-state index in [2.05, 4.69) is 19.7 Å². The Balaban J connectivity index is 1.51. The maximum Gasteiger partial charge on any atom is 0.191 e. The van der Waals surface area contributed by atoms with Gasteiger partial charge in [-0.15, -0.1) is 0 Å². The highest BCUT2D eigenvalue weighted by atomic mass is 35.5. The van der Waals surface area contributed by atoms with Gasteiger partial charge in [0.1, 0.15) is 5.69 Å². The van der Waals surface area contributed by atoms with Crippen LogP contribution >= 0.6 is 11.6 Å². The number of hydrogen-bond donors (Lipinski definition) is 1. The van der Waals surface area contributed by atoms with E-state index in [4.69, 9.17) is 21.0 Å². The summed E-state index contributed by atoms with van der Waals surface area (Å²) in [7, 11) is 0.